The Morgan fingerprint density at radius 1 is 1.37 bits per heavy atom. The highest BCUT2D eigenvalue weighted by Crippen LogP contribution is 2.29. The van der Waals surface area contributed by atoms with Gasteiger partial charge in [0.25, 0.3) is 0 Å². The van der Waals surface area contributed by atoms with Gasteiger partial charge in [-0.2, -0.15) is 5.26 Å². The minimum Gasteiger partial charge on any atom is -0.356 e. The number of nitrogens with one attached hydrogen (secondary N) is 1. The van der Waals surface area contributed by atoms with Crippen LogP contribution in [0.4, 0.5) is 23.4 Å². The van der Waals surface area contributed by atoms with Crippen molar-refractivity contribution in [2.45, 2.75) is 25.7 Å². The summed E-state index contributed by atoms with van der Waals surface area (Å²) in [7, 11) is 0. The number of aliphatic hydroxyl groups is 1. The van der Waals surface area contributed by atoms with Gasteiger partial charge in [-0.15, -0.1) is 13.2 Å². The predicted molar refractivity (Wildman–Crippen MR) is 99.7 cm³/mol. The first-order valence-corrected chi connectivity index (χ1v) is 8.94. The Morgan fingerprint density at radius 3 is 2.53 bits per heavy atom. The normalized spacial score (nSPS) is 14.0. The van der Waals surface area contributed by atoms with Gasteiger partial charge >= 0.3 is 6.36 Å². The summed E-state index contributed by atoms with van der Waals surface area (Å²) < 4.78 is 44.6. The number of anilines is 1. The monoisotopic (exact) mass is 445 g/mol. The maximum atomic E-state index is 14.8. The number of halogens is 5. The lowest BCUT2D eigenvalue weighted by atomic mass is 10.0. The van der Waals surface area contributed by atoms with Gasteiger partial charge in [0, 0.05) is 23.7 Å². The zero-order valence-corrected chi connectivity index (χ0v) is 16.3. The molecule has 0 radical (unpaired) electrons. The van der Waals surface area contributed by atoms with E-state index in [9.17, 15) is 27.6 Å². The standard InChI is InChI=1S/C17H15ClFN5O.CHF3O/c1-10(17(25)24-5-2-6-24)23-16-14(19)15(21-9-22-16)13-4-3-12(18)7-11(13)8-20;2-1(3,4)5/h3-4,7,9-10H,2,5-6H2,1H3,(H,21,22,23);5H/t10-;/m1./s1. The minimum absolute atomic E-state index is 0.0192. The van der Waals surface area contributed by atoms with Gasteiger partial charge in [-0.05, 0) is 31.5 Å². The second kappa shape index (κ2) is 9.69. The summed E-state index contributed by atoms with van der Waals surface area (Å²) in [5.41, 5.74) is 0.506. The third-order valence-electron chi connectivity index (χ3n) is 4.04. The summed E-state index contributed by atoms with van der Waals surface area (Å²) in [6.45, 7) is 3.10. The van der Waals surface area contributed by atoms with Crippen molar-refractivity contribution in [1.82, 2.24) is 14.9 Å². The second-order valence-corrected chi connectivity index (χ2v) is 6.64. The van der Waals surface area contributed by atoms with Crippen LogP contribution < -0.4 is 5.32 Å². The van der Waals surface area contributed by atoms with Crippen LogP contribution >= 0.6 is 11.6 Å². The molecule has 3 rings (SSSR count). The summed E-state index contributed by atoms with van der Waals surface area (Å²) in [4.78, 5) is 21.7. The number of aromatic nitrogens is 2. The van der Waals surface area contributed by atoms with Gasteiger partial charge in [0.05, 0.1) is 11.6 Å². The Kier molecular flexibility index (Phi) is 7.53. The van der Waals surface area contributed by atoms with Crippen LogP contribution in [-0.4, -0.2) is 51.4 Å². The smallest absolute Gasteiger partial charge is 0.356 e. The lowest BCUT2D eigenvalue weighted by molar-refractivity contribution is -0.295. The Labute approximate surface area is 173 Å². The molecule has 160 valence electrons. The topological polar surface area (TPSA) is 102 Å². The van der Waals surface area contributed by atoms with Gasteiger partial charge in [0.2, 0.25) is 5.91 Å². The van der Waals surface area contributed by atoms with Crippen molar-refractivity contribution in [3.05, 3.63) is 40.9 Å². The maximum Gasteiger partial charge on any atom is 0.519 e. The van der Waals surface area contributed by atoms with Gasteiger partial charge in [0.15, 0.2) is 11.6 Å². The molecule has 1 fully saturated rings. The van der Waals surface area contributed by atoms with Gasteiger partial charge in [-0.1, -0.05) is 11.6 Å². The average Bonchev–Trinajstić information content (AvgIpc) is 2.60. The highest BCUT2D eigenvalue weighted by Gasteiger charge is 2.26. The largest absolute Gasteiger partial charge is 0.519 e. The van der Waals surface area contributed by atoms with E-state index >= 15 is 0 Å². The number of rotatable bonds is 4. The minimum atomic E-state index is -5.00. The van der Waals surface area contributed by atoms with Gasteiger partial charge < -0.3 is 15.3 Å². The summed E-state index contributed by atoms with van der Waals surface area (Å²) in [6, 6.07) is 5.90. The van der Waals surface area contributed by atoms with Crippen molar-refractivity contribution < 1.29 is 27.5 Å². The maximum absolute atomic E-state index is 14.8. The summed E-state index contributed by atoms with van der Waals surface area (Å²) in [5.74, 6) is -0.898. The van der Waals surface area contributed by atoms with Crippen molar-refractivity contribution in [3.8, 4) is 17.3 Å². The fraction of sp³-hybridized carbons (Fsp3) is 0.333. The van der Waals surface area contributed by atoms with Crippen LogP contribution in [-0.2, 0) is 4.79 Å². The fourth-order valence-electron chi connectivity index (χ4n) is 2.55. The van der Waals surface area contributed by atoms with Crippen LogP contribution in [0.2, 0.25) is 5.02 Å². The third kappa shape index (κ3) is 6.27. The van der Waals surface area contributed by atoms with Crippen LogP contribution in [0, 0.1) is 17.1 Å². The molecular weight excluding hydrogens is 430 g/mol. The molecule has 1 aromatic heterocycles. The predicted octanol–water partition coefficient (Wildman–Crippen LogP) is 3.34. The number of carbonyl (C=O) groups excluding carboxylic acids is 1. The molecule has 1 aliphatic heterocycles. The Hall–Kier alpha value is -2.97. The van der Waals surface area contributed by atoms with Crippen LogP contribution in [0.5, 0.6) is 0 Å². The molecule has 2 aromatic rings. The third-order valence-corrected chi connectivity index (χ3v) is 4.27. The number of benzene rings is 1. The molecule has 30 heavy (non-hydrogen) atoms. The van der Waals surface area contributed by atoms with E-state index in [-0.39, 0.29) is 23.0 Å². The molecule has 0 saturated carbocycles. The highest BCUT2D eigenvalue weighted by atomic mass is 35.5. The van der Waals surface area contributed by atoms with Crippen LogP contribution in [0.25, 0.3) is 11.3 Å². The van der Waals surface area contributed by atoms with Crippen molar-refractivity contribution in [3.63, 3.8) is 0 Å². The van der Waals surface area contributed by atoms with E-state index in [1.165, 1.54) is 18.5 Å². The first-order chi connectivity index (χ1) is 14.0. The molecule has 1 atom stereocenters. The molecule has 2 N–H and O–H groups in total. The van der Waals surface area contributed by atoms with Crippen LogP contribution in [0.15, 0.2) is 24.5 Å². The van der Waals surface area contributed by atoms with Gasteiger partial charge in [-0.25, -0.2) is 14.4 Å². The van der Waals surface area contributed by atoms with E-state index in [0.717, 1.165) is 19.5 Å². The second-order valence-electron chi connectivity index (χ2n) is 6.20. The number of alkyl halides is 3. The Bertz CT molecular complexity index is 955. The molecule has 1 aromatic carbocycles. The number of hydrogen-bond donors (Lipinski definition) is 2. The average molecular weight is 446 g/mol. The molecule has 0 spiro atoms. The quantitative estimate of drug-likeness (QED) is 0.700. The zero-order valence-electron chi connectivity index (χ0n) is 15.5. The van der Waals surface area contributed by atoms with E-state index < -0.39 is 18.2 Å². The summed E-state index contributed by atoms with van der Waals surface area (Å²) in [5, 5.41) is 18.9. The van der Waals surface area contributed by atoms with Crippen molar-refractivity contribution in [2.75, 3.05) is 18.4 Å². The van der Waals surface area contributed by atoms with Crippen LogP contribution in [0.3, 0.4) is 0 Å². The molecule has 1 aliphatic rings. The highest BCUT2D eigenvalue weighted by molar-refractivity contribution is 6.30. The first kappa shape index (κ1) is 23.3. The molecule has 1 saturated heterocycles. The molecule has 0 aliphatic carbocycles. The summed E-state index contributed by atoms with van der Waals surface area (Å²) in [6.07, 6.45) is -2.82. The molecule has 0 bridgehead atoms. The number of nitrogens with zero attached hydrogens (tertiary/aromatic N) is 4. The molecule has 2 heterocycles. The number of amides is 1. The van der Waals surface area contributed by atoms with Crippen molar-refractivity contribution >= 4 is 23.3 Å². The van der Waals surface area contributed by atoms with Crippen LogP contribution in [0.1, 0.15) is 18.9 Å². The SMILES string of the molecule is C[C@@H](Nc1ncnc(-c2ccc(Cl)cc2C#N)c1F)C(=O)N1CCC1.OC(F)(F)F. The number of carbonyl (C=O) groups is 1. The molecule has 1 amide bonds. The number of nitriles is 1. The van der Waals surface area contributed by atoms with E-state index in [0.29, 0.717) is 10.6 Å². The van der Waals surface area contributed by atoms with E-state index in [2.05, 4.69) is 15.3 Å². The zero-order chi connectivity index (χ0) is 22.5. The van der Waals surface area contributed by atoms with Gasteiger partial charge in [-0.3, -0.25) is 4.79 Å². The van der Waals surface area contributed by atoms with E-state index in [1.807, 2.05) is 6.07 Å². The van der Waals surface area contributed by atoms with Crippen molar-refractivity contribution in [2.24, 2.45) is 0 Å². The van der Waals surface area contributed by atoms with Gasteiger partial charge in [0.1, 0.15) is 18.1 Å². The Morgan fingerprint density at radius 2 is 2.00 bits per heavy atom. The molecular formula is C18H16ClF4N5O2. The number of likely N-dealkylation sites (tertiary alicyclic amines) is 1. The van der Waals surface area contributed by atoms with E-state index in [1.54, 1.807) is 17.9 Å². The lowest BCUT2D eigenvalue weighted by Gasteiger charge is -2.33. The van der Waals surface area contributed by atoms with Crippen molar-refractivity contribution in [1.29, 1.82) is 5.26 Å². The first-order valence-electron chi connectivity index (χ1n) is 8.56. The fourth-order valence-corrected chi connectivity index (χ4v) is 2.72. The molecule has 12 heteroatoms. The van der Waals surface area contributed by atoms with E-state index in [4.69, 9.17) is 16.7 Å². The Balaban J connectivity index is 0.000000575. The lowest BCUT2D eigenvalue weighted by Crippen LogP contribution is -2.48. The molecule has 0 unspecified atom stereocenters. The number of hydrogen-bond acceptors (Lipinski definition) is 6. The molecule has 7 nitrogen and oxygen atoms in total. The summed E-state index contributed by atoms with van der Waals surface area (Å²) >= 11 is 5.87.